The van der Waals surface area contributed by atoms with E-state index in [1.165, 1.54) is 4.68 Å². The number of fused-ring (bicyclic) bond motifs is 1. The van der Waals surface area contributed by atoms with Crippen molar-refractivity contribution in [1.29, 1.82) is 0 Å². The van der Waals surface area contributed by atoms with Crippen LogP contribution in [0.5, 0.6) is 0 Å². The maximum absolute atomic E-state index is 12.9. The lowest BCUT2D eigenvalue weighted by molar-refractivity contribution is -0.133. The molecule has 0 atom stereocenters. The number of piperidine rings is 1. The molecular weight excluding hydrogens is 382 g/mol. The number of likely N-dealkylation sites (tertiary alicyclic amines) is 1. The van der Waals surface area contributed by atoms with Gasteiger partial charge in [0.2, 0.25) is 11.8 Å². The highest BCUT2D eigenvalue weighted by molar-refractivity contribution is 5.95. The van der Waals surface area contributed by atoms with E-state index in [0.29, 0.717) is 25.5 Å². The quantitative estimate of drug-likeness (QED) is 0.762. The van der Waals surface area contributed by atoms with E-state index in [1.54, 1.807) is 16.5 Å². The fourth-order valence-electron chi connectivity index (χ4n) is 4.72. The molecule has 1 saturated heterocycles. The summed E-state index contributed by atoms with van der Waals surface area (Å²) in [5, 5.41) is 4.53. The molecule has 1 saturated carbocycles. The number of benzene rings is 1. The fraction of sp³-hybridized carbons (Fsp3) is 0.545. The average molecular weight is 409 g/mol. The lowest BCUT2D eigenvalue weighted by atomic mass is 9.95. The number of nitrogens with zero attached hydrogens (tertiary/aromatic N) is 5. The number of carbonyl (C=O) groups excluding carboxylic acids is 2. The van der Waals surface area contributed by atoms with Crippen LogP contribution in [0.4, 0.5) is 5.69 Å². The molecule has 0 radical (unpaired) electrons. The van der Waals surface area contributed by atoms with Crippen molar-refractivity contribution < 1.29 is 9.59 Å². The first-order chi connectivity index (χ1) is 14.5. The minimum Gasteiger partial charge on any atom is -0.342 e. The number of carbonyl (C=O) groups is 2. The van der Waals surface area contributed by atoms with Crippen LogP contribution in [0.1, 0.15) is 43.0 Å². The maximum Gasteiger partial charge on any atom is 0.346 e. The standard InChI is InChI=1S/C22H27N5O3/c1-24-20(16-8-11-25(12-9-16)21(29)17-6-7-17)23-27(22(24)30)14-19(28)26-13-10-15-4-2-3-5-18(15)26/h2-5,16-17H,6-14H2,1H3. The number of para-hydroxylation sites is 1. The lowest BCUT2D eigenvalue weighted by Gasteiger charge is -2.31. The third kappa shape index (κ3) is 3.34. The first kappa shape index (κ1) is 19.1. The van der Waals surface area contributed by atoms with Gasteiger partial charge in [-0.2, -0.15) is 5.10 Å². The van der Waals surface area contributed by atoms with Crippen LogP contribution in [0.3, 0.4) is 0 Å². The Kier molecular flexibility index (Phi) is 4.72. The van der Waals surface area contributed by atoms with Gasteiger partial charge in [-0.3, -0.25) is 14.2 Å². The van der Waals surface area contributed by atoms with Gasteiger partial charge < -0.3 is 9.80 Å². The smallest absolute Gasteiger partial charge is 0.342 e. The van der Waals surface area contributed by atoms with Crippen LogP contribution in [-0.2, 0) is 29.6 Å². The van der Waals surface area contributed by atoms with Crippen LogP contribution in [0, 0.1) is 5.92 Å². The van der Waals surface area contributed by atoms with Crippen molar-refractivity contribution in [2.45, 2.75) is 44.6 Å². The molecule has 3 aliphatic rings. The Balaban J connectivity index is 1.28. The van der Waals surface area contributed by atoms with Gasteiger partial charge in [-0.15, -0.1) is 0 Å². The van der Waals surface area contributed by atoms with E-state index in [1.807, 2.05) is 29.2 Å². The van der Waals surface area contributed by atoms with E-state index in [0.717, 1.165) is 43.4 Å². The molecule has 1 aromatic heterocycles. The second kappa shape index (κ2) is 7.41. The van der Waals surface area contributed by atoms with Gasteiger partial charge in [-0.25, -0.2) is 9.48 Å². The molecule has 8 heteroatoms. The van der Waals surface area contributed by atoms with Gasteiger partial charge >= 0.3 is 5.69 Å². The van der Waals surface area contributed by atoms with Crippen LogP contribution in [-0.4, -0.2) is 50.7 Å². The van der Waals surface area contributed by atoms with E-state index in [9.17, 15) is 14.4 Å². The zero-order chi connectivity index (χ0) is 20.8. The molecule has 3 heterocycles. The van der Waals surface area contributed by atoms with Gasteiger partial charge in [-0.05, 0) is 43.7 Å². The summed E-state index contributed by atoms with van der Waals surface area (Å²) in [6, 6.07) is 7.89. The second-order valence-corrected chi connectivity index (χ2v) is 8.66. The second-order valence-electron chi connectivity index (χ2n) is 8.66. The third-order valence-corrected chi connectivity index (χ3v) is 6.65. The first-order valence-electron chi connectivity index (χ1n) is 10.8. The van der Waals surface area contributed by atoms with Crippen molar-refractivity contribution in [3.63, 3.8) is 0 Å². The number of anilines is 1. The Hall–Kier alpha value is -2.90. The monoisotopic (exact) mass is 409 g/mol. The summed E-state index contributed by atoms with van der Waals surface area (Å²) >= 11 is 0. The summed E-state index contributed by atoms with van der Waals surface area (Å²) in [4.78, 5) is 41.6. The summed E-state index contributed by atoms with van der Waals surface area (Å²) in [5.41, 5.74) is 1.83. The molecule has 2 amide bonds. The largest absolute Gasteiger partial charge is 0.346 e. The maximum atomic E-state index is 12.9. The predicted molar refractivity (Wildman–Crippen MR) is 111 cm³/mol. The zero-order valence-corrected chi connectivity index (χ0v) is 17.3. The van der Waals surface area contributed by atoms with Gasteiger partial charge in [0.15, 0.2) is 0 Å². The average Bonchev–Trinajstić information content (AvgIpc) is 3.47. The van der Waals surface area contributed by atoms with Crippen molar-refractivity contribution in [2.75, 3.05) is 24.5 Å². The van der Waals surface area contributed by atoms with E-state index in [-0.39, 0.29) is 35.9 Å². The SMILES string of the molecule is Cn1c(C2CCN(C(=O)C3CC3)CC2)nn(CC(=O)N2CCc3ccccc32)c1=O. The van der Waals surface area contributed by atoms with Gasteiger partial charge in [0.25, 0.3) is 0 Å². The summed E-state index contributed by atoms with van der Waals surface area (Å²) in [6.07, 6.45) is 4.48. The molecule has 8 nitrogen and oxygen atoms in total. The van der Waals surface area contributed by atoms with Gasteiger partial charge in [-0.1, -0.05) is 18.2 Å². The fourth-order valence-corrected chi connectivity index (χ4v) is 4.72. The molecule has 158 valence electrons. The summed E-state index contributed by atoms with van der Waals surface area (Å²) in [6.45, 7) is 2.01. The molecule has 2 aliphatic heterocycles. The van der Waals surface area contributed by atoms with Crippen molar-refractivity contribution in [3.05, 3.63) is 46.1 Å². The van der Waals surface area contributed by atoms with Crippen LogP contribution < -0.4 is 10.6 Å². The lowest BCUT2D eigenvalue weighted by Crippen LogP contribution is -2.39. The van der Waals surface area contributed by atoms with E-state index >= 15 is 0 Å². The predicted octanol–water partition coefficient (Wildman–Crippen LogP) is 1.29. The number of aromatic nitrogens is 3. The van der Waals surface area contributed by atoms with E-state index in [2.05, 4.69) is 5.10 Å². The van der Waals surface area contributed by atoms with E-state index < -0.39 is 0 Å². The summed E-state index contributed by atoms with van der Waals surface area (Å²) in [5.74, 6) is 1.26. The first-order valence-corrected chi connectivity index (χ1v) is 10.8. The molecule has 0 unspecified atom stereocenters. The number of hydrogen-bond acceptors (Lipinski definition) is 4. The normalized spacial score (nSPS) is 19.2. The Morgan fingerprint density at radius 3 is 2.53 bits per heavy atom. The Morgan fingerprint density at radius 1 is 1.07 bits per heavy atom. The molecule has 2 fully saturated rings. The molecule has 5 rings (SSSR count). The highest BCUT2D eigenvalue weighted by atomic mass is 16.2. The Labute approximate surface area is 175 Å². The minimum absolute atomic E-state index is 0.0555. The molecule has 1 aromatic carbocycles. The summed E-state index contributed by atoms with van der Waals surface area (Å²) in [7, 11) is 1.72. The third-order valence-electron chi connectivity index (χ3n) is 6.65. The topological polar surface area (TPSA) is 80.4 Å². The van der Waals surface area contributed by atoms with Crippen LogP contribution in [0.15, 0.2) is 29.1 Å². The minimum atomic E-state index is -0.262. The molecule has 0 N–H and O–H groups in total. The summed E-state index contributed by atoms with van der Waals surface area (Å²) < 4.78 is 2.86. The van der Waals surface area contributed by atoms with Crippen molar-refractivity contribution >= 4 is 17.5 Å². The van der Waals surface area contributed by atoms with E-state index in [4.69, 9.17) is 0 Å². The molecular formula is C22H27N5O3. The van der Waals surface area contributed by atoms with Gasteiger partial charge in [0, 0.05) is 44.2 Å². The van der Waals surface area contributed by atoms with Crippen molar-refractivity contribution in [3.8, 4) is 0 Å². The Bertz CT molecular complexity index is 1040. The molecule has 30 heavy (non-hydrogen) atoms. The number of amides is 2. The van der Waals surface area contributed by atoms with Crippen LogP contribution in [0.25, 0.3) is 0 Å². The Morgan fingerprint density at radius 2 is 1.80 bits per heavy atom. The highest BCUT2D eigenvalue weighted by Gasteiger charge is 2.36. The highest BCUT2D eigenvalue weighted by Crippen LogP contribution is 2.34. The van der Waals surface area contributed by atoms with Gasteiger partial charge in [0.1, 0.15) is 12.4 Å². The number of rotatable bonds is 4. The zero-order valence-electron chi connectivity index (χ0n) is 17.3. The molecule has 1 aliphatic carbocycles. The van der Waals surface area contributed by atoms with Crippen molar-refractivity contribution in [1.82, 2.24) is 19.2 Å². The van der Waals surface area contributed by atoms with Crippen molar-refractivity contribution in [2.24, 2.45) is 13.0 Å². The van der Waals surface area contributed by atoms with Crippen LogP contribution in [0.2, 0.25) is 0 Å². The van der Waals surface area contributed by atoms with Crippen LogP contribution >= 0.6 is 0 Å². The number of hydrogen-bond donors (Lipinski definition) is 0. The molecule has 0 spiro atoms. The molecule has 0 bridgehead atoms. The van der Waals surface area contributed by atoms with Gasteiger partial charge in [0.05, 0.1) is 0 Å². The molecule has 2 aromatic rings.